The Morgan fingerprint density at radius 3 is 2.20 bits per heavy atom. The molecule has 150 valence electrons. The van der Waals surface area contributed by atoms with Crippen LogP contribution < -0.4 is 4.74 Å². The van der Waals surface area contributed by atoms with Gasteiger partial charge >= 0.3 is 0 Å². The quantitative estimate of drug-likeness (QED) is 0.485. The van der Waals surface area contributed by atoms with Crippen molar-refractivity contribution in [3.63, 3.8) is 0 Å². The Morgan fingerprint density at radius 1 is 0.767 bits per heavy atom. The average molecular weight is 417 g/mol. The first-order chi connectivity index (χ1) is 14.6. The van der Waals surface area contributed by atoms with E-state index in [1.54, 1.807) is 12.1 Å². The fourth-order valence-corrected chi connectivity index (χ4v) is 5.06. The molecule has 1 aromatic heterocycles. The molecule has 0 bridgehead atoms. The Kier molecular flexibility index (Phi) is 4.73. The van der Waals surface area contributed by atoms with Gasteiger partial charge in [0.15, 0.2) is 0 Å². The van der Waals surface area contributed by atoms with Crippen LogP contribution in [0.2, 0.25) is 0 Å². The second kappa shape index (κ2) is 7.55. The van der Waals surface area contributed by atoms with Crippen molar-refractivity contribution in [3.8, 4) is 17.0 Å². The van der Waals surface area contributed by atoms with E-state index >= 15 is 0 Å². The molecule has 6 heteroatoms. The molecule has 2 heterocycles. The van der Waals surface area contributed by atoms with E-state index in [0.717, 1.165) is 22.0 Å². The standard InChI is InChI=1S/C24H20N2O3S/c27-30(28,22-13-10-19(11-14-22)18-6-2-1-3-7-18)26-16-21(17-26)29-24-15-12-20-8-4-5-9-23(20)25-24/h1-15,21H,16-17H2. The summed E-state index contributed by atoms with van der Waals surface area (Å²) in [7, 11) is -3.53. The Balaban J connectivity index is 1.25. The summed E-state index contributed by atoms with van der Waals surface area (Å²) in [6, 6.07) is 28.5. The van der Waals surface area contributed by atoms with Crippen LogP contribution in [0.4, 0.5) is 0 Å². The van der Waals surface area contributed by atoms with Crippen LogP contribution in [0.5, 0.6) is 5.88 Å². The van der Waals surface area contributed by atoms with Crippen molar-refractivity contribution in [2.75, 3.05) is 13.1 Å². The smallest absolute Gasteiger partial charge is 0.243 e. The molecule has 0 amide bonds. The Bertz CT molecular complexity index is 1280. The summed E-state index contributed by atoms with van der Waals surface area (Å²) < 4.78 is 33.1. The molecule has 5 rings (SSSR count). The number of hydrogen-bond donors (Lipinski definition) is 0. The highest BCUT2D eigenvalue weighted by molar-refractivity contribution is 7.89. The van der Waals surface area contributed by atoms with Gasteiger partial charge in [-0.25, -0.2) is 13.4 Å². The van der Waals surface area contributed by atoms with Crippen LogP contribution in [0.25, 0.3) is 22.0 Å². The lowest BCUT2D eigenvalue weighted by Gasteiger charge is -2.37. The summed E-state index contributed by atoms with van der Waals surface area (Å²) in [6.07, 6.45) is -0.197. The van der Waals surface area contributed by atoms with Crippen molar-refractivity contribution in [3.05, 3.63) is 91.0 Å². The van der Waals surface area contributed by atoms with Gasteiger partial charge in [0, 0.05) is 11.5 Å². The number of hydrogen-bond acceptors (Lipinski definition) is 4. The van der Waals surface area contributed by atoms with Gasteiger partial charge in [0.25, 0.3) is 0 Å². The third-order valence-electron chi connectivity index (χ3n) is 5.27. The highest BCUT2D eigenvalue weighted by Gasteiger charge is 2.38. The minimum atomic E-state index is -3.53. The summed E-state index contributed by atoms with van der Waals surface area (Å²) in [5, 5.41) is 1.04. The van der Waals surface area contributed by atoms with Crippen molar-refractivity contribution >= 4 is 20.9 Å². The number of sulfonamides is 1. The fraction of sp³-hybridized carbons (Fsp3) is 0.125. The third-order valence-corrected chi connectivity index (χ3v) is 7.12. The van der Waals surface area contributed by atoms with Crippen LogP contribution in [-0.4, -0.2) is 36.9 Å². The maximum absolute atomic E-state index is 12.9. The number of fused-ring (bicyclic) bond motifs is 1. The van der Waals surface area contributed by atoms with Crippen molar-refractivity contribution in [2.45, 2.75) is 11.0 Å². The molecule has 3 aromatic carbocycles. The number of benzene rings is 3. The summed E-state index contributed by atoms with van der Waals surface area (Å²) >= 11 is 0. The van der Waals surface area contributed by atoms with Crippen LogP contribution in [-0.2, 0) is 10.0 Å². The fourth-order valence-electron chi connectivity index (χ4n) is 3.55. The van der Waals surface area contributed by atoms with Crippen molar-refractivity contribution < 1.29 is 13.2 Å². The molecule has 30 heavy (non-hydrogen) atoms. The van der Waals surface area contributed by atoms with E-state index in [1.165, 1.54) is 4.31 Å². The molecule has 0 aliphatic carbocycles. The molecule has 0 unspecified atom stereocenters. The normalized spacial score (nSPS) is 15.1. The molecule has 0 saturated carbocycles. The second-order valence-corrected chi connectivity index (χ2v) is 9.23. The highest BCUT2D eigenvalue weighted by atomic mass is 32.2. The number of rotatable bonds is 5. The van der Waals surface area contributed by atoms with Gasteiger partial charge in [-0.1, -0.05) is 60.7 Å². The lowest BCUT2D eigenvalue weighted by molar-refractivity contribution is 0.0724. The molecule has 1 fully saturated rings. The zero-order chi connectivity index (χ0) is 20.6. The molecule has 5 nitrogen and oxygen atoms in total. The van der Waals surface area contributed by atoms with Crippen LogP contribution in [0.3, 0.4) is 0 Å². The van der Waals surface area contributed by atoms with E-state index in [2.05, 4.69) is 4.98 Å². The van der Waals surface area contributed by atoms with E-state index in [-0.39, 0.29) is 6.10 Å². The number of ether oxygens (including phenoxy) is 1. The summed E-state index contributed by atoms with van der Waals surface area (Å²) in [5.74, 6) is 0.517. The van der Waals surface area contributed by atoms with Crippen molar-refractivity contribution in [2.24, 2.45) is 0 Å². The maximum Gasteiger partial charge on any atom is 0.243 e. The molecule has 1 aliphatic rings. The molecular weight excluding hydrogens is 396 g/mol. The summed E-state index contributed by atoms with van der Waals surface area (Å²) in [4.78, 5) is 4.79. The zero-order valence-corrected chi connectivity index (χ0v) is 17.0. The SMILES string of the molecule is O=S(=O)(c1ccc(-c2ccccc2)cc1)N1CC(Oc2ccc3ccccc3n2)C1. The first-order valence-corrected chi connectivity index (χ1v) is 11.2. The monoisotopic (exact) mass is 416 g/mol. The molecule has 0 atom stereocenters. The first-order valence-electron chi connectivity index (χ1n) is 9.78. The number of aromatic nitrogens is 1. The van der Waals surface area contributed by atoms with Gasteiger partial charge in [-0.2, -0.15) is 4.31 Å². The Hall–Kier alpha value is -3.22. The van der Waals surface area contributed by atoms with E-state index in [9.17, 15) is 8.42 Å². The number of nitrogens with zero attached hydrogens (tertiary/aromatic N) is 2. The summed E-state index contributed by atoms with van der Waals surface area (Å²) in [6.45, 7) is 0.633. The maximum atomic E-state index is 12.9. The molecule has 1 aliphatic heterocycles. The largest absolute Gasteiger partial charge is 0.472 e. The Labute approximate surface area is 175 Å². The molecule has 0 radical (unpaired) electrons. The molecule has 0 N–H and O–H groups in total. The van der Waals surface area contributed by atoms with E-state index in [4.69, 9.17) is 4.74 Å². The van der Waals surface area contributed by atoms with Gasteiger partial charge in [-0.3, -0.25) is 0 Å². The van der Waals surface area contributed by atoms with Gasteiger partial charge in [0.05, 0.1) is 23.5 Å². The second-order valence-electron chi connectivity index (χ2n) is 7.29. The van der Waals surface area contributed by atoms with Crippen LogP contribution >= 0.6 is 0 Å². The lowest BCUT2D eigenvalue weighted by atomic mass is 10.1. The van der Waals surface area contributed by atoms with Gasteiger partial charge in [-0.15, -0.1) is 0 Å². The molecule has 1 saturated heterocycles. The van der Waals surface area contributed by atoms with Gasteiger partial charge in [0.2, 0.25) is 15.9 Å². The van der Waals surface area contributed by atoms with E-state index < -0.39 is 10.0 Å². The minimum absolute atomic E-state index is 0.197. The topological polar surface area (TPSA) is 59.5 Å². The van der Waals surface area contributed by atoms with Crippen molar-refractivity contribution in [1.82, 2.24) is 9.29 Å². The molecular formula is C24H20N2O3S. The van der Waals surface area contributed by atoms with Crippen LogP contribution in [0.1, 0.15) is 0 Å². The van der Waals surface area contributed by atoms with Gasteiger partial charge in [0.1, 0.15) is 6.10 Å². The summed E-state index contributed by atoms with van der Waals surface area (Å²) in [5.41, 5.74) is 2.90. The first kappa shape index (κ1) is 18.8. The lowest BCUT2D eigenvalue weighted by Crippen LogP contribution is -2.56. The van der Waals surface area contributed by atoms with E-state index in [1.807, 2.05) is 78.9 Å². The minimum Gasteiger partial charge on any atom is -0.472 e. The highest BCUT2D eigenvalue weighted by Crippen LogP contribution is 2.27. The van der Waals surface area contributed by atoms with E-state index in [0.29, 0.717) is 23.9 Å². The van der Waals surface area contributed by atoms with Gasteiger partial charge in [-0.05, 0) is 35.4 Å². The predicted molar refractivity (Wildman–Crippen MR) is 117 cm³/mol. The van der Waals surface area contributed by atoms with Gasteiger partial charge < -0.3 is 4.74 Å². The zero-order valence-electron chi connectivity index (χ0n) is 16.2. The van der Waals surface area contributed by atoms with Crippen LogP contribution in [0.15, 0.2) is 95.9 Å². The third kappa shape index (κ3) is 3.56. The number of pyridine rings is 1. The Morgan fingerprint density at radius 2 is 1.43 bits per heavy atom. The molecule has 4 aromatic rings. The van der Waals surface area contributed by atoms with Crippen molar-refractivity contribution in [1.29, 1.82) is 0 Å². The number of para-hydroxylation sites is 1. The average Bonchev–Trinajstić information content (AvgIpc) is 2.76. The van der Waals surface area contributed by atoms with Crippen LogP contribution in [0, 0.1) is 0 Å². The predicted octanol–water partition coefficient (Wildman–Crippen LogP) is 4.35. The molecule has 0 spiro atoms.